The predicted octanol–water partition coefficient (Wildman–Crippen LogP) is 0.201. The van der Waals surface area contributed by atoms with E-state index in [1.165, 1.54) is 19.3 Å². The fourth-order valence-corrected chi connectivity index (χ4v) is 4.28. The minimum atomic E-state index is -0.230. The van der Waals surface area contributed by atoms with Crippen LogP contribution in [0, 0.1) is 0 Å². The summed E-state index contributed by atoms with van der Waals surface area (Å²) in [7, 11) is 0. The summed E-state index contributed by atoms with van der Waals surface area (Å²) in [5.74, 6) is 0. The van der Waals surface area contributed by atoms with Gasteiger partial charge in [0.2, 0.25) is 0 Å². The maximum absolute atomic E-state index is 6.01. The average Bonchev–Trinajstić information content (AvgIpc) is 3.18. The molecule has 128 valence electrons. The first-order valence-electron chi connectivity index (χ1n) is 8.97. The van der Waals surface area contributed by atoms with Gasteiger partial charge in [0.1, 0.15) is 0 Å². The molecule has 0 aromatic carbocycles. The number of morpholine rings is 1. The summed E-state index contributed by atoms with van der Waals surface area (Å²) in [6.07, 6.45) is 5.74. The zero-order chi connectivity index (χ0) is 15.5. The van der Waals surface area contributed by atoms with Crippen LogP contribution in [0.25, 0.3) is 0 Å². The molecule has 0 radical (unpaired) electrons. The highest BCUT2D eigenvalue weighted by Gasteiger charge is 2.50. The predicted molar refractivity (Wildman–Crippen MR) is 87.7 cm³/mol. The Morgan fingerprint density at radius 2 is 1.87 bits per heavy atom. The van der Waals surface area contributed by atoms with Gasteiger partial charge in [0, 0.05) is 52.0 Å². The van der Waals surface area contributed by atoms with E-state index < -0.39 is 0 Å². The number of piperidine rings is 1. The van der Waals surface area contributed by atoms with E-state index in [4.69, 9.17) is 4.74 Å². The largest absolute Gasteiger partial charge is 0.376 e. The van der Waals surface area contributed by atoms with E-state index in [1.54, 1.807) is 0 Å². The van der Waals surface area contributed by atoms with Gasteiger partial charge in [-0.3, -0.25) is 10.00 Å². The molecule has 0 spiro atoms. The van der Waals surface area contributed by atoms with Crippen LogP contribution in [0.5, 0.6) is 0 Å². The van der Waals surface area contributed by atoms with Crippen LogP contribution in [0.1, 0.15) is 25.0 Å². The second-order valence-corrected chi connectivity index (χ2v) is 6.71. The van der Waals surface area contributed by atoms with E-state index in [-0.39, 0.29) is 5.66 Å². The standard InChI is InChI=1S/C16H28N6O/c1-2-8-20(9-3-1)16(15-4-5-18-19-15)14-23-13-12-22(16)21-10-6-17-7-11-21/h4-5,17H,1-3,6-14H2,(H,18,19). The zero-order valence-corrected chi connectivity index (χ0v) is 13.8. The number of rotatable bonds is 3. The minimum absolute atomic E-state index is 0.230. The first-order valence-corrected chi connectivity index (χ1v) is 8.97. The Bertz CT molecular complexity index is 483. The maximum atomic E-state index is 6.01. The molecule has 1 aromatic rings. The quantitative estimate of drug-likeness (QED) is 0.830. The molecule has 23 heavy (non-hydrogen) atoms. The van der Waals surface area contributed by atoms with E-state index in [1.807, 2.05) is 6.20 Å². The third-order valence-corrected chi connectivity index (χ3v) is 5.42. The van der Waals surface area contributed by atoms with E-state index in [0.717, 1.165) is 58.1 Å². The summed E-state index contributed by atoms with van der Waals surface area (Å²) >= 11 is 0. The van der Waals surface area contributed by atoms with Gasteiger partial charge in [-0.05, 0) is 18.9 Å². The van der Waals surface area contributed by atoms with Gasteiger partial charge in [0.05, 0.1) is 18.9 Å². The molecule has 3 aliphatic heterocycles. The summed E-state index contributed by atoms with van der Waals surface area (Å²) in [6.45, 7) is 8.93. The Morgan fingerprint density at radius 1 is 1.04 bits per heavy atom. The monoisotopic (exact) mass is 320 g/mol. The first kappa shape index (κ1) is 15.5. The third kappa shape index (κ3) is 2.81. The van der Waals surface area contributed by atoms with Crippen molar-refractivity contribution < 1.29 is 4.74 Å². The number of piperazine rings is 1. The van der Waals surface area contributed by atoms with Gasteiger partial charge in [-0.15, -0.1) is 0 Å². The lowest BCUT2D eigenvalue weighted by atomic mass is 9.98. The number of aromatic nitrogens is 2. The lowest BCUT2D eigenvalue weighted by Gasteiger charge is -2.56. The molecule has 1 unspecified atom stereocenters. The van der Waals surface area contributed by atoms with Gasteiger partial charge in [0.25, 0.3) is 0 Å². The molecule has 3 fully saturated rings. The molecule has 4 heterocycles. The second kappa shape index (κ2) is 6.86. The van der Waals surface area contributed by atoms with Crippen LogP contribution >= 0.6 is 0 Å². The van der Waals surface area contributed by atoms with Crippen molar-refractivity contribution in [2.24, 2.45) is 0 Å². The summed E-state index contributed by atoms with van der Waals surface area (Å²) in [4.78, 5) is 2.62. The van der Waals surface area contributed by atoms with Gasteiger partial charge in [-0.2, -0.15) is 5.10 Å². The van der Waals surface area contributed by atoms with Crippen molar-refractivity contribution in [3.8, 4) is 0 Å². The average molecular weight is 320 g/mol. The third-order valence-electron chi connectivity index (χ3n) is 5.42. The Morgan fingerprint density at radius 3 is 2.61 bits per heavy atom. The molecule has 1 atom stereocenters. The molecule has 4 rings (SSSR count). The van der Waals surface area contributed by atoms with Crippen molar-refractivity contribution >= 4 is 0 Å². The topological polar surface area (TPSA) is 59.7 Å². The van der Waals surface area contributed by atoms with E-state index in [2.05, 4.69) is 36.5 Å². The van der Waals surface area contributed by atoms with Crippen LogP contribution in [0.15, 0.2) is 12.3 Å². The number of ether oxygens (including phenoxy) is 1. The molecule has 2 N–H and O–H groups in total. The molecule has 3 aliphatic rings. The fraction of sp³-hybridized carbons (Fsp3) is 0.812. The molecule has 0 saturated carbocycles. The van der Waals surface area contributed by atoms with Gasteiger partial charge >= 0.3 is 0 Å². The van der Waals surface area contributed by atoms with Crippen molar-refractivity contribution in [2.45, 2.75) is 24.9 Å². The summed E-state index contributed by atoms with van der Waals surface area (Å²) in [5.41, 5.74) is 0.935. The molecule has 1 aromatic heterocycles. The number of aromatic amines is 1. The number of nitrogens with one attached hydrogen (secondary N) is 2. The number of hydrogen-bond donors (Lipinski definition) is 2. The SMILES string of the molecule is c1cc(C2(N3CCCCC3)COCCN2N2CCNCC2)[nH]n1. The van der Waals surface area contributed by atoms with Crippen LogP contribution in [0.4, 0.5) is 0 Å². The first-order chi connectivity index (χ1) is 11.4. The van der Waals surface area contributed by atoms with Crippen LogP contribution in [0.3, 0.4) is 0 Å². The van der Waals surface area contributed by atoms with Crippen LogP contribution in [-0.4, -0.2) is 84.1 Å². The smallest absolute Gasteiger partial charge is 0.153 e. The Balaban J connectivity index is 1.71. The second-order valence-electron chi connectivity index (χ2n) is 6.71. The lowest BCUT2D eigenvalue weighted by molar-refractivity contribution is -0.248. The van der Waals surface area contributed by atoms with E-state index in [9.17, 15) is 0 Å². The number of hydrogen-bond acceptors (Lipinski definition) is 6. The van der Waals surface area contributed by atoms with Crippen molar-refractivity contribution in [3.63, 3.8) is 0 Å². The Labute approximate surface area is 137 Å². The maximum Gasteiger partial charge on any atom is 0.153 e. The highest BCUT2D eigenvalue weighted by atomic mass is 16.5. The molecular weight excluding hydrogens is 292 g/mol. The van der Waals surface area contributed by atoms with Gasteiger partial charge in [-0.25, -0.2) is 10.0 Å². The van der Waals surface area contributed by atoms with Crippen molar-refractivity contribution in [3.05, 3.63) is 18.0 Å². The molecule has 0 aliphatic carbocycles. The summed E-state index contributed by atoms with van der Waals surface area (Å²) in [6, 6.07) is 2.12. The molecular formula is C16H28N6O. The highest BCUT2D eigenvalue weighted by Crippen LogP contribution is 2.37. The molecule has 0 amide bonds. The van der Waals surface area contributed by atoms with Crippen molar-refractivity contribution in [2.75, 3.05) is 59.0 Å². The van der Waals surface area contributed by atoms with E-state index >= 15 is 0 Å². The van der Waals surface area contributed by atoms with Crippen molar-refractivity contribution in [1.82, 2.24) is 30.4 Å². The normalized spacial score (nSPS) is 32.2. The van der Waals surface area contributed by atoms with Crippen LogP contribution in [-0.2, 0) is 10.4 Å². The molecule has 0 bridgehead atoms. The zero-order valence-electron chi connectivity index (χ0n) is 13.8. The number of hydrazine groups is 1. The number of nitrogens with zero attached hydrogens (tertiary/aromatic N) is 4. The number of likely N-dealkylation sites (tertiary alicyclic amines) is 1. The molecule has 3 saturated heterocycles. The van der Waals surface area contributed by atoms with E-state index in [0.29, 0.717) is 6.61 Å². The van der Waals surface area contributed by atoms with Gasteiger partial charge < -0.3 is 10.1 Å². The van der Waals surface area contributed by atoms with Crippen LogP contribution < -0.4 is 5.32 Å². The Hall–Kier alpha value is -0.990. The highest BCUT2D eigenvalue weighted by molar-refractivity contribution is 5.15. The van der Waals surface area contributed by atoms with Crippen LogP contribution in [0.2, 0.25) is 0 Å². The Kier molecular flexibility index (Phi) is 4.64. The number of H-pyrrole nitrogens is 1. The van der Waals surface area contributed by atoms with Gasteiger partial charge in [0.15, 0.2) is 5.66 Å². The fourth-order valence-electron chi connectivity index (χ4n) is 4.28. The summed E-state index contributed by atoms with van der Waals surface area (Å²) < 4.78 is 6.01. The summed E-state index contributed by atoms with van der Waals surface area (Å²) in [5, 5.41) is 16.1. The molecule has 7 nitrogen and oxygen atoms in total. The molecule has 7 heteroatoms. The van der Waals surface area contributed by atoms with Gasteiger partial charge in [-0.1, -0.05) is 6.42 Å². The lowest BCUT2D eigenvalue weighted by Crippen LogP contribution is -2.70. The van der Waals surface area contributed by atoms with Crippen molar-refractivity contribution in [1.29, 1.82) is 0 Å². The minimum Gasteiger partial charge on any atom is -0.376 e.